The predicted molar refractivity (Wildman–Crippen MR) is 81.5 cm³/mol. The summed E-state index contributed by atoms with van der Waals surface area (Å²) in [6.07, 6.45) is 0. The molecule has 1 amide bonds. The standard InChI is InChI=1S/C16H12BrNO2/c17-14-7-3-2-6-13(14)16(19)18-10-12-9-11-5-1-4-8-15(11)20-12/h1-9H,10H2,(H,18,19). The second-order valence-electron chi connectivity index (χ2n) is 4.41. The second kappa shape index (κ2) is 5.51. The highest BCUT2D eigenvalue weighted by Crippen LogP contribution is 2.19. The zero-order chi connectivity index (χ0) is 13.9. The van der Waals surface area contributed by atoms with E-state index in [4.69, 9.17) is 4.42 Å². The molecule has 0 bridgehead atoms. The average molecular weight is 330 g/mol. The van der Waals surface area contributed by atoms with Crippen molar-refractivity contribution in [2.75, 3.05) is 0 Å². The SMILES string of the molecule is O=C(NCc1cc2ccccc2o1)c1ccccc1Br. The lowest BCUT2D eigenvalue weighted by Gasteiger charge is -2.04. The minimum Gasteiger partial charge on any atom is -0.459 e. The summed E-state index contributed by atoms with van der Waals surface area (Å²) >= 11 is 3.37. The van der Waals surface area contributed by atoms with Gasteiger partial charge < -0.3 is 9.73 Å². The molecule has 0 aliphatic rings. The number of para-hydroxylation sites is 1. The maximum Gasteiger partial charge on any atom is 0.252 e. The lowest BCUT2D eigenvalue weighted by molar-refractivity contribution is 0.0947. The molecule has 0 saturated carbocycles. The minimum absolute atomic E-state index is 0.127. The number of furan rings is 1. The van der Waals surface area contributed by atoms with Gasteiger partial charge in [0.15, 0.2) is 0 Å². The molecule has 0 saturated heterocycles. The number of hydrogen-bond donors (Lipinski definition) is 1. The molecular formula is C16H12BrNO2. The summed E-state index contributed by atoms with van der Waals surface area (Å²) in [4.78, 5) is 12.1. The Balaban J connectivity index is 1.73. The van der Waals surface area contributed by atoms with Crippen molar-refractivity contribution in [2.24, 2.45) is 0 Å². The van der Waals surface area contributed by atoms with E-state index in [1.165, 1.54) is 0 Å². The van der Waals surface area contributed by atoms with Crippen LogP contribution in [0.4, 0.5) is 0 Å². The Morgan fingerprint density at radius 1 is 1.10 bits per heavy atom. The topological polar surface area (TPSA) is 42.2 Å². The van der Waals surface area contributed by atoms with Crippen molar-refractivity contribution in [3.8, 4) is 0 Å². The van der Waals surface area contributed by atoms with Crippen molar-refractivity contribution in [1.82, 2.24) is 5.32 Å². The number of hydrogen-bond acceptors (Lipinski definition) is 2. The number of rotatable bonds is 3. The summed E-state index contributed by atoms with van der Waals surface area (Å²) in [5.74, 6) is 0.615. The molecule has 1 aromatic heterocycles. The first-order valence-electron chi connectivity index (χ1n) is 6.24. The summed E-state index contributed by atoms with van der Waals surface area (Å²) in [7, 11) is 0. The van der Waals surface area contributed by atoms with Crippen LogP contribution in [0, 0.1) is 0 Å². The largest absolute Gasteiger partial charge is 0.459 e. The van der Waals surface area contributed by atoms with Crippen LogP contribution in [0.3, 0.4) is 0 Å². The number of amides is 1. The van der Waals surface area contributed by atoms with Gasteiger partial charge in [-0.1, -0.05) is 30.3 Å². The van der Waals surface area contributed by atoms with Gasteiger partial charge in [-0.05, 0) is 40.2 Å². The zero-order valence-corrected chi connectivity index (χ0v) is 12.2. The molecule has 1 N–H and O–H groups in total. The Hall–Kier alpha value is -2.07. The maximum atomic E-state index is 12.1. The van der Waals surface area contributed by atoms with Gasteiger partial charge in [0.1, 0.15) is 11.3 Å². The number of benzene rings is 2. The third kappa shape index (κ3) is 2.60. The Morgan fingerprint density at radius 3 is 2.65 bits per heavy atom. The van der Waals surface area contributed by atoms with Gasteiger partial charge in [0.05, 0.1) is 12.1 Å². The highest BCUT2D eigenvalue weighted by Gasteiger charge is 2.10. The van der Waals surface area contributed by atoms with Gasteiger partial charge in [0.2, 0.25) is 0 Å². The molecular weight excluding hydrogens is 318 g/mol. The number of nitrogens with one attached hydrogen (secondary N) is 1. The molecule has 20 heavy (non-hydrogen) atoms. The lowest BCUT2D eigenvalue weighted by Crippen LogP contribution is -2.22. The molecule has 100 valence electrons. The molecule has 0 aliphatic heterocycles. The Bertz CT molecular complexity index is 731. The Kier molecular flexibility index (Phi) is 3.56. The van der Waals surface area contributed by atoms with Crippen LogP contribution in [0.1, 0.15) is 16.1 Å². The van der Waals surface area contributed by atoms with Crippen LogP contribution in [0.5, 0.6) is 0 Å². The molecule has 0 fully saturated rings. The van der Waals surface area contributed by atoms with Crippen LogP contribution in [0.25, 0.3) is 11.0 Å². The molecule has 0 atom stereocenters. The number of carbonyl (C=O) groups excluding carboxylic acids is 1. The summed E-state index contributed by atoms with van der Waals surface area (Å²) < 4.78 is 6.44. The van der Waals surface area contributed by atoms with E-state index >= 15 is 0 Å². The molecule has 0 spiro atoms. The van der Waals surface area contributed by atoms with E-state index in [-0.39, 0.29) is 5.91 Å². The average Bonchev–Trinajstić information content (AvgIpc) is 2.88. The number of carbonyl (C=O) groups is 1. The zero-order valence-electron chi connectivity index (χ0n) is 10.6. The summed E-state index contributed by atoms with van der Waals surface area (Å²) in [6, 6.07) is 17.0. The van der Waals surface area contributed by atoms with Crippen LogP contribution < -0.4 is 5.32 Å². The molecule has 3 aromatic rings. The van der Waals surface area contributed by atoms with E-state index in [0.29, 0.717) is 12.1 Å². The predicted octanol–water partition coefficient (Wildman–Crippen LogP) is 4.13. The van der Waals surface area contributed by atoms with Crippen molar-refractivity contribution in [2.45, 2.75) is 6.54 Å². The van der Waals surface area contributed by atoms with Crippen molar-refractivity contribution >= 4 is 32.8 Å². The second-order valence-corrected chi connectivity index (χ2v) is 5.27. The summed E-state index contributed by atoms with van der Waals surface area (Å²) in [5, 5.41) is 3.89. The summed E-state index contributed by atoms with van der Waals surface area (Å²) in [5.41, 5.74) is 1.45. The van der Waals surface area contributed by atoms with Gasteiger partial charge in [-0.15, -0.1) is 0 Å². The van der Waals surface area contributed by atoms with Crippen LogP contribution >= 0.6 is 15.9 Å². The first-order valence-corrected chi connectivity index (χ1v) is 7.03. The smallest absolute Gasteiger partial charge is 0.252 e. The fourth-order valence-corrected chi connectivity index (χ4v) is 2.50. The van der Waals surface area contributed by atoms with E-state index in [1.807, 2.05) is 48.5 Å². The van der Waals surface area contributed by atoms with Crippen molar-refractivity contribution in [1.29, 1.82) is 0 Å². The van der Waals surface area contributed by atoms with Gasteiger partial charge in [-0.2, -0.15) is 0 Å². The fraction of sp³-hybridized carbons (Fsp3) is 0.0625. The first kappa shape index (κ1) is 12.9. The van der Waals surface area contributed by atoms with Crippen molar-refractivity contribution < 1.29 is 9.21 Å². The van der Waals surface area contributed by atoms with Crippen LogP contribution in [-0.2, 0) is 6.54 Å². The monoisotopic (exact) mass is 329 g/mol. The molecule has 0 aliphatic carbocycles. The van der Waals surface area contributed by atoms with Crippen LogP contribution in [0.15, 0.2) is 63.5 Å². The van der Waals surface area contributed by atoms with Gasteiger partial charge in [0, 0.05) is 9.86 Å². The molecule has 2 aromatic carbocycles. The highest BCUT2D eigenvalue weighted by molar-refractivity contribution is 9.10. The molecule has 0 radical (unpaired) electrons. The van der Waals surface area contributed by atoms with E-state index < -0.39 is 0 Å². The quantitative estimate of drug-likeness (QED) is 0.785. The first-order chi connectivity index (χ1) is 9.74. The fourth-order valence-electron chi connectivity index (χ4n) is 2.03. The molecule has 3 rings (SSSR count). The van der Waals surface area contributed by atoms with Gasteiger partial charge in [0.25, 0.3) is 5.91 Å². The molecule has 0 unspecified atom stereocenters. The van der Waals surface area contributed by atoms with E-state index in [2.05, 4.69) is 21.2 Å². The van der Waals surface area contributed by atoms with Gasteiger partial charge in [-0.3, -0.25) is 4.79 Å². The maximum absolute atomic E-state index is 12.1. The van der Waals surface area contributed by atoms with Crippen molar-refractivity contribution in [3.05, 3.63) is 70.4 Å². The third-order valence-electron chi connectivity index (χ3n) is 3.02. The molecule has 4 heteroatoms. The summed E-state index contributed by atoms with van der Waals surface area (Å²) in [6.45, 7) is 0.370. The number of halogens is 1. The third-order valence-corrected chi connectivity index (χ3v) is 3.71. The minimum atomic E-state index is -0.127. The van der Waals surface area contributed by atoms with Crippen LogP contribution in [-0.4, -0.2) is 5.91 Å². The highest BCUT2D eigenvalue weighted by atomic mass is 79.9. The lowest BCUT2D eigenvalue weighted by atomic mass is 10.2. The molecule has 1 heterocycles. The van der Waals surface area contributed by atoms with Gasteiger partial charge in [-0.25, -0.2) is 0 Å². The normalized spacial score (nSPS) is 10.7. The van der Waals surface area contributed by atoms with Gasteiger partial charge >= 0.3 is 0 Å². The Morgan fingerprint density at radius 2 is 1.85 bits per heavy atom. The molecule has 3 nitrogen and oxygen atoms in total. The number of fused-ring (bicyclic) bond motifs is 1. The van der Waals surface area contributed by atoms with Crippen LogP contribution in [0.2, 0.25) is 0 Å². The van der Waals surface area contributed by atoms with E-state index in [1.54, 1.807) is 6.07 Å². The Labute approximate surface area is 124 Å². The van der Waals surface area contributed by atoms with E-state index in [0.717, 1.165) is 21.2 Å². The van der Waals surface area contributed by atoms with E-state index in [9.17, 15) is 4.79 Å². The van der Waals surface area contributed by atoms with Crippen molar-refractivity contribution in [3.63, 3.8) is 0 Å².